The average molecular weight is 1020 g/mol. The standard InChI is InChI=1S/C54H56F3N7O6S2/c1-34-46(72-33-60-34)38-12-10-35(11-13-38)31-59-48(66)44-9-7-26-62(44)49(67)47(52(2,3)4)61-45(65)32-69-27-5-6-28-70-42-22-17-37(18-23-42)36-14-19-40(20-15-36)64-51(71)63(50(68)53(64)24-8-25-53)41-21-16-39(30-58)43(29-41)54(55,56)57/h10-23,29,33,44,47H,5-9,24-28,31-32H2,1-4H3,(H,59,66)(H,61,65)/t44-,47+/m0/s1. The molecular weight excluding hydrogens is 964 g/mol. The predicted octanol–water partition coefficient (Wildman–Crippen LogP) is 9.75. The van der Waals surface area contributed by atoms with Crippen molar-refractivity contribution in [3.63, 3.8) is 0 Å². The van der Waals surface area contributed by atoms with Crippen molar-refractivity contribution in [3.8, 4) is 33.4 Å². The van der Waals surface area contributed by atoms with Gasteiger partial charge in [-0.05, 0) is 134 Å². The lowest BCUT2D eigenvalue weighted by Crippen LogP contribution is -2.58. The van der Waals surface area contributed by atoms with E-state index in [0.29, 0.717) is 76.3 Å². The van der Waals surface area contributed by atoms with E-state index in [0.717, 1.165) is 56.3 Å². The molecule has 3 heterocycles. The number of halogens is 3. The number of nitrogens with one attached hydrogen (secondary N) is 2. The van der Waals surface area contributed by atoms with Crippen LogP contribution in [-0.2, 0) is 36.6 Å². The van der Waals surface area contributed by atoms with Crippen LogP contribution in [0.3, 0.4) is 0 Å². The molecule has 2 aliphatic heterocycles. The molecule has 72 heavy (non-hydrogen) atoms. The zero-order valence-electron chi connectivity index (χ0n) is 40.5. The Bertz CT molecular complexity index is 2860. The Morgan fingerprint density at radius 3 is 2.18 bits per heavy atom. The van der Waals surface area contributed by atoms with Crippen LogP contribution in [0.2, 0.25) is 0 Å². The van der Waals surface area contributed by atoms with Crippen molar-refractivity contribution in [2.75, 3.05) is 36.2 Å². The minimum absolute atomic E-state index is 0.0350. The highest BCUT2D eigenvalue weighted by atomic mass is 32.1. The number of rotatable bonds is 17. The van der Waals surface area contributed by atoms with Gasteiger partial charge in [0.25, 0.3) is 5.91 Å². The molecule has 1 saturated carbocycles. The number of nitrogens with zero attached hydrogens (tertiary/aromatic N) is 5. The van der Waals surface area contributed by atoms with E-state index in [-0.39, 0.29) is 35.1 Å². The Labute approximate surface area is 426 Å². The number of carbonyl (C=O) groups is 4. The van der Waals surface area contributed by atoms with E-state index >= 15 is 0 Å². The Hall–Kier alpha value is -6.68. The highest BCUT2D eigenvalue weighted by Crippen LogP contribution is 2.48. The number of carbonyl (C=O) groups excluding carboxylic acids is 4. The van der Waals surface area contributed by atoms with E-state index in [1.807, 2.05) is 106 Å². The van der Waals surface area contributed by atoms with Gasteiger partial charge in [-0.2, -0.15) is 18.4 Å². The van der Waals surface area contributed by atoms with Gasteiger partial charge in [0.2, 0.25) is 17.7 Å². The first kappa shape index (κ1) is 51.7. The van der Waals surface area contributed by atoms with Crippen LogP contribution in [0.5, 0.6) is 5.75 Å². The zero-order chi connectivity index (χ0) is 51.4. The quantitative estimate of drug-likeness (QED) is 0.0679. The maximum atomic E-state index is 14.0. The van der Waals surface area contributed by atoms with Crippen LogP contribution in [-0.4, -0.2) is 82.6 Å². The number of likely N-dealkylation sites (tertiary alicyclic amines) is 1. The number of hydrogen-bond acceptors (Lipinski definition) is 10. The largest absolute Gasteiger partial charge is 0.494 e. The topological polar surface area (TPSA) is 157 Å². The van der Waals surface area contributed by atoms with Gasteiger partial charge in [0.15, 0.2) is 5.11 Å². The summed E-state index contributed by atoms with van der Waals surface area (Å²) in [7, 11) is 0. The maximum absolute atomic E-state index is 14.0. The van der Waals surface area contributed by atoms with Crippen molar-refractivity contribution in [1.29, 1.82) is 5.26 Å². The fourth-order valence-corrected chi connectivity index (χ4v) is 10.7. The third-order valence-corrected chi connectivity index (χ3v) is 14.8. The number of amides is 4. The van der Waals surface area contributed by atoms with E-state index < -0.39 is 46.2 Å². The molecule has 376 valence electrons. The minimum atomic E-state index is -4.79. The number of hydrogen-bond donors (Lipinski definition) is 2. The molecule has 1 spiro atoms. The molecule has 4 amide bonds. The van der Waals surface area contributed by atoms with Crippen LogP contribution >= 0.6 is 23.6 Å². The maximum Gasteiger partial charge on any atom is 0.417 e. The third-order valence-electron chi connectivity index (χ3n) is 13.5. The first-order valence-corrected chi connectivity index (χ1v) is 25.3. The van der Waals surface area contributed by atoms with Crippen molar-refractivity contribution in [3.05, 3.63) is 119 Å². The molecule has 8 rings (SSSR count). The molecule has 2 atom stereocenters. The van der Waals surface area contributed by atoms with Crippen LogP contribution < -0.4 is 25.2 Å². The van der Waals surface area contributed by atoms with Crippen LogP contribution in [0.15, 0.2) is 96.5 Å². The average Bonchev–Trinajstić information content (AvgIpc) is 4.08. The first-order chi connectivity index (χ1) is 34.4. The van der Waals surface area contributed by atoms with Crippen LogP contribution in [0.25, 0.3) is 21.6 Å². The van der Waals surface area contributed by atoms with Gasteiger partial charge < -0.3 is 29.9 Å². The number of anilines is 2. The van der Waals surface area contributed by atoms with Gasteiger partial charge in [0.05, 0.1) is 45.6 Å². The number of ether oxygens (including phenoxy) is 2. The summed E-state index contributed by atoms with van der Waals surface area (Å²) in [6.07, 6.45) is -0.510. The Kier molecular flexibility index (Phi) is 15.5. The van der Waals surface area contributed by atoms with Gasteiger partial charge in [-0.3, -0.25) is 24.1 Å². The number of alkyl halides is 3. The molecule has 0 unspecified atom stereocenters. The number of aryl methyl sites for hydroxylation is 1. The summed E-state index contributed by atoms with van der Waals surface area (Å²) in [5.41, 5.74) is 3.94. The van der Waals surface area contributed by atoms with E-state index in [4.69, 9.17) is 21.7 Å². The second-order valence-electron chi connectivity index (χ2n) is 19.4. The van der Waals surface area contributed by atoms with E-state index in [1.54, 1.807) is 27.2 Å². The summed E-state index contributed by atoms with van der Waals surface area (Å²) < 4.78 is 53.2. The molecule has 4 aromatic carbocycles. The Balaban J connectivity index is 0.766. The molecule has 3 aliphatic rings. The van der Waals surface area contributed by atoms with Gasteiger partial charge in [-0.25, -0.2) is 4.98 Å². The van der Waals surface area contributed by atoms with Gasteiger partial charge in [0.1, 0.15) is 30.0 Å². The summed E-state index contributed by atoms with van der Waals surface area (Å²) in [5.74, 6) is -0.654. The molecule has 0 radical (unpaired) electrons. The van der Waals surface area contributed by atoms with Gasteiger partial charge in [0, 0.05) is 25.4 Å². The molecule has 2 N–H and O–H groups in total. The summed E-state index contributed by atoms with van der Waals surface area (Å²) >= 11 is 7.36. The van der Waals surface area contributed by atoms with Crippen LogP contribution in [0.1, 0.15) is 88.1 Å². The Morgan fingerprint density at radius 1 is 0.917 bits per heavy atom. The number of thiazole rings is 1. The molecule has 3 fully saturated rings. The summed E-state index contributed by atoms with van der Waals surface area (Å²) in [4.78, 5) is 64.3. The van der Waals surface area contributed by atoms with Crippen molar-refractivity contribution < 1.29 is 41.8 Å². The normalized spacial score (nSPS) is 16.9. The molecule has 18 heteroatoms. The van der Waals surface area contributed by atoms with Crippen molar-refractivity contribution >= 4 is 63.7 Å². The van der Waals surface area contributed by atoms with E-state index in [2.05, 4.69) is 15.6 Å². The Morgan fingerprint density at radius 2 is 1.57 bits per heavy atom. The minimum Gasteiger partial charge on any atom is -0.494 e. The summed E-state index contributed by atoms with van der Waals surface area (Å²) in [6.45, 7) is 8.88. The second-order valence-corrected chi connectivity index (χ2v) is 20.6. The lowest BCUT2D eigenvalue weighted by Gasteiger charge is -2.43. The van der Waals surface area contributed by atoms with Gasteiger partial charge >= 0.3 is 6.18 Å². The van der Waals surface area contributed by atoms with E-state index in [9.17, 15) is 37.6 Å². The fourth-order valence-electron chi connectivity index (χ4n) is 9.40. The van der Waals surface area contributed by atoms with Crippen molar-refractivity contribution in [1.82, 2.24) is 20.5 Å². The molecule has 1 aliphatic carbocycles. The van der Waals surface area contributed by atoms with Crippen LogP contribution in [0, 0.1) is 23.7 Å². The number of aromatic nitrogens is 1. The monoisotopic (exact) mass is 1020 g/mol. The lowest BCUT2D eigenvalue weighted by atomic mass is 9.75. The number of unbranched alkanes of at least 4 members (excludes halogenated alkanes) is 1. The van der Waals surface area contributed by atoms with Gasteiger partial charge in [-0.15, -0.1) is 11.3 Å². The second kappa shape index (κ2) is 21.6. The fraction of sp³-hybridized carbons (Fsp3) is 0.389. The third kappa shape index (κ3) is 11.0. The van der Waals surface area contributed by atoms with E-state index in [1.165, 1.54) is 6.07 Å². The molecule has 0 bridgehead atoms. The molecule has 13 nitrogen and oxygen atoms in total. The molecule has 5 aromatic rings. The highest BCUT2D eigenvalue weighted by Gasteiger charge is 2.59. The molecule has 1 aromatic heterocycles. The van der Waals surface area contributed by atoms with Crippen molar-refractivity contribution in [2.24, 2.45) is 5.41 Å². The van der Waals surface area contributed by atoms with Crippen LogP contribution in [0.4, 0.5) is 24.5 Å². The summed E-state index contributed by atoms with van der Waals surface area (Å²) in [5, 5.41) is 15.2. The van der Waals surface area contributed by atoms with Crippen molar-refractivity contribution in [2.45, 2.75) is 103 Å². The summed E-state index contributed by atoms with van der Waals surface area (Å²) in [6, 6.07) is 26.3. The lowest BCUT2D eigenvalue weighted by molar-refractivity contribution is -0.144. The first-order valence-electron chi connectivity index (χ1n) is 24.0. The molecular formula is C54H56F3N7O6S2. The number of thiocarbonyl (C=S) groups is 1. The zero-order valence-corrected chi connectivity index (χ0v) is 42.1. The number of benzene rings is 4. The smallest absolute Gasteiger partial charge is 0.417 e. The SMILES string of the molecule is Cc1ncsc1-c1ccc(CNC(=O)[C@@H]2CCCN2C(=O)[C@@H](NC(=O)COCCCCOc2ccc(-c3ccc(N4C(=S)N(c5ccc(C#N)c(C(F)(F)F)c5)C(=O)C45CCC5)cc3)cc2)C(C)(C)C)cc1. The predicted molar refractivity (Wildman–Crippen MR) is 273 cm³/mol. The van der Waals surface area contributed by atoms with Gasteiger partial charge in [-0.1, -0.05) is 69.3 Å². The molecule has 2 saturated heterocycles. The number of nitriles is 1. The highest BCUT2D eigenvalue weighted by molar-refractivity contribution is 7.81.